The van der Waals surface area contributed by atoms with Crippen molar-refractivity contribution in [2.45, 2.75) is 45.2 Å². The standard InChI is InChI=1S/C33H40N6O4/c1-3-29(40)37-17-19-38(20-18-37)32-26-12-15-39(28-11-5-9-24-8-4-7-23(2)31(24)28)21-27(26)34-33(35-32)43-22-25-10-6-14-36(25)16-13-30(41)42/h3-5,7-9,11,25H,1,6,10,12-22H2,2H3,(H,41,42). The van der Waals surface area contributed by atoms with Crippen molar-refractivity contribution in [1.82, 2.24) is 19.8 Å². The number of aryl methyl sites for hydroxylation is 1. The number of hydrogen-bond donors (Lipinski definition) is 1. The molecule has 10 heteroatoms. The molecule has 1 amide bonds. The van der Waals surface area contributed by atoms with E-state index >= 15 is 0 Å². The van der Waals surface area contributed by atoms with Crippen molar-refractivity contribution in [3.8, 4) is 6.01 Å². The highest BCUT2D eigenvalue weighted by Crippen LogP contribution is 2.35. The Bertz CT molecular complexity index is 1510. The number of hydrogen-bond acceptors (Lipinski definition) is 8. The number of carboxylic acid groups (broad SMARTS) is 1. The maximum Gasteiger partial charge on any atom is 0.318 e. The number of carbonyl (C=O) groups excluding carboxylic acids is 1. The highest BCUT2D eigenvalue weighted by molar-refractivity contribution is 5.97. The van der Waals surface area contributed by atoms with Gasteiger partial charge in [0.15, 0.2) is 0 Å². The summed E-state index contributed by atoms with van der Waals surface area (Å²) in [6, 6.07) is 13.4. The SMILES string of the molecule is C=CC(=O)N1CCN(c2nc(OCC3CCCN3CCC(=O)O)nc3c2CCN(c2cccc4cccc(C)c24)C3)CC1. The van der Waals surface area contributed by atoms with E-state index in [1.54, 1.807) is 0 Å². The molecule has 3 aliphatic heterocycles. The molecule has 226 valence electrons. The van der Waals surface area contributed by atoms with Gasteiger partial charge in [0.2, 0.25) is 5.91 Å². The van der Waals surface area contributed by atoms with Crippen LogP contribution in [-0.4, -0.2) is 95.2 Å². The first-order chi connectivity index (χ1) is 20.9. The molecule has 0 radical (unpaired) electrons. The number of amides is 1. The monoisotopic (exact) mass is 584 g/mol. The molecular weight excluding hydrogens is 544 g/mol. The summed E-state index contributed by atoms with van der Waals surface area (Å²) in [5.74, 6) is 0.0714. The lowest BCUT2D eigenvalue weighted by Crippen LogP contribution is -2.49. The Balaban J connectivity index is 1.28. The van der Waals surface area contributed by atoms with Crippen LogP contribution in [0.3, 0.4) is 0 Å². The van der Waals surface area contributed by atoms with Crippen LogP contribution in [0.25, 0.3) is 10.8 Å². The van der Waals surface area contributed by atoms with Crippen LogP contribution < -0.4 is 14.5 Å². The Labute approximate surface area is 252 Å². The van der Waals surface area contributed by atoms with E-state index in [1.807, 2.05) is 4.90 Å². The third-order valence-corrected chi connectivity index (χ3v) is 9.04. The van der Waals surface area contributed by atoms with Gasteiger partial charge in [-0.25, -0.2) is 0 Å². The summed E-state index contributed by atoms with van der Waals surface area (Å²) in [6.07, 6.45) is 4.30. The molecule has 3 aliphatic rings. The van der Waals surface area contributed by atoms with Gasteiger partial charge in [-0.2, -0.15) is 9.97 Å². The molecule has 1 atom stereocenters. The fraction of sp³-hybridized carbons (Fsp3) is 0.455. The fourth-order valence-corrected chi connectivity index (χ4v) is 6.75. The highest BCUT2D eigenvalue weighted by atomic mass is 16.5. The molecule has 6 rings (SSSR count). The Kier molecular flexibility index (Phi) is 8.47. The summed E-state index contributed by atoms with van der Waals surface area (Å²) in [6.45, 7) is 11.7. The minimum absolute atomic E-state index is 0.0431. The number of carboxylic acids is 1. The Morgan fingerprint density at radius 2 is 1.84 bits per heavy atom. The van der Waals surface area contributed by atoms with Crippen LogP contribution in [0.5, 0.6) is 6.01 Å². The second-order valence-electron chi connectivity index (χ2n) is 11.7. The molecule has 3 aromatic rings. The van der Waals surface area contributed by atoms with Gasteiger partial charge in [0, 0.05) is 61.9 Å². The first kappa shape index (κ1) is 28.9. The summed E-state index contributed by atoms with van der Waals surface area (Å²) < 4.78 is 6.30. The van der Waals surface area contributed by atoms with Crippen LogP contribution >= 0.6 is 0 Å². The van der Waals surface area contributed by atoms with Gasteiger partial charge in [-0.15, -0.1) is 0 Å². The largest absolute Gasteiger partial charge is 0.481 e. The molecule has 2 aromatic carbocycles. The number of likely N-dealkylation sites (tertiary alicyclic amines) is 1. The van der Waals surface area contributed by atoms with Gasteiger partial charge < -0.3 is 24.5 Å². The number of benzene rings is 2. The van der Waals surface area contributed by atoms with Crippen molar-refractivity contribution < 1.29 is 19.4 Å². The predicted molar refractivity (Wildman–Crippen MR) is 167 cm³/mol. The molecule has 0 aliphatic carbocycles. The average molecular weight is 585 g/mol. The highest BCUT2D eigenvalue weighted by Gasteiger charge is 2.30. The van der Waals surface area contributed by atoms with Crippen molar-refractivity contribution in [2.75, 3.05) is 62.2 Å². The lowest BCUT2D eigenvalue weighted by atomic mass is 9.99. The zero-order valence-electron chi connectivity index (χ0n) is 24.9. The third kappa shape index (κ3) is 6.15. The van der Waals surface area contributed by atoms with Crippen LogP contribution in [0.15, 0.2) is 49.1 Å². The van der Waals surface area contributed by atoms with E-state index in [0.29, 0.717) is 51.9 Å². The van der Waals surface area contributed by atoms with Crippen LogP contribution in [0.2, 0.25) is 0 Å². The number of rotatable bonds is 9. The molecule has 10 nitrogen and oxygen atoms in total. The van der Waals surface area contributed by atoms with Crippen LogP contribution in [0.1, 0.15) is 36.1 Å². The molecule has 1 N–H and O–H groups in total. The van der Waals surface area contributed by atoms with Gasteiger partial charge in [0.05, 0.1) is 18.7 Å². The van der Waals surface area contributed by atoms with Crippen molar-refractivity contribution >= 4 is 34.2 Å². The third-order valence-electron chi connectivity index (χ3n) is 9.04. The Morgan fingerprint density at radius 3 is 2.60 bits per heavy atom. The zero-order chi connectivity index (χ0) is 29.9. The first-order valence-corrected chi connectivity index (χ1v) is 15.3. The van der Waals surface area contributed by atoms with Crippen LogP contribution in [-0.2, 0) is 22.6 Å². The fourth-order valence-electron chi connectivity index (χ4n) is 6.75. The van der Waals surface area contributed by atoms with E-state index in [-0.39, 0.29) is 18.4 Å². The van der Waals surface area contributed by atoms with E-state index in [0.717, 1.165) is 49.4 Å². The molecule has 0 spiro atoms. The van der Waals surface area contributed by atoms with Gasteiger partial charge >= 0.3 is 12.0 Å². The van der Waals surface area contributed by atoms with Crippen molar-refractivity contribution in [3.63, 3.8) is 0 Å². The minimum Gasteiger partial charge on any atom is -0.481 e. The smallest absolute Gasteiger partial charge is 0.318 e. The van der Waals surface area contributed by atoms with Gasteiger partial charge in [0.1, 0.15) is 12.4 Å². The number of ether oxygens (including phenoxy) is 1. The maximum atomic E-state index is 12.2. The molecule has 0 bridgehead atoms. The Hall–Kier alpha value is -4.18. The van der Waals surface area contributed by atoms with Crippen molar-refractivity contribution in [3.05, 3.63) is 65.9 Å². The Morgan fingerprint density at radius 1 is 1.05 bits per heavy atom. The molecule has 1 aromatic heterocycles. The molecule has 0 saturated carbocycles. The quantitative estimate of drug-likeness (QED) is 0.378. The zero-order valence-corrected chi connectivity index (χ0v) is 24.9. The number of carbonyl (C=O) groups is 2. The van der Waals surface area contributed by atoms with E-state index in [2.05, 4.69) is 64.6 Å². The molecule has 43 heavy (non-hydrogen) atoms. The number of piperazine rings is 1. The summed E-state index contributed by atoms with van der Waals surface area (Å²) in [5, 5.41) is 11.7. The van der Waals surface area contributed by atoms with E-state index in [4.69, 9.17) is 19.8 Å². The average Bonchev–Trinajstić information content (AvgIpc) is 3.49. The van der Waals surface area contributed by atoms with Gasteiger partial charge in [-0.3, -0.25) is 14.5 Å². The first-order valence-electron chi connectivity index (χ1n) is 15.3. The molecular formula is C33H40N6O4. The second kappa shape index (κ2) is 12.6. The summed E-state index contributed by atoms with van der Waals surface area (Å²) in [5.41, 5.74) is 4.58. The predicted octanol–water partition coefficient (Wildman–Crippen LogP) is 3.65. The normalized spacial score (nSPS) is 19.0. The molecule has 2 saturated heterocycles. The molecule has 2 fully saturated rings. The van der Waals surface area contributed by atoms with E-state index in [9.17, 15) is 9.59 Å². The van der Waals surface area contributed by atoms with Crippen molar-refractivity contribution in [1.29, 1.82) is 0 Å². The summed E-state index contributed by atoms with van der Waals surface area (Å²) >= 11 is 0. The van der Waals surface area contributed by atoms with Crippen LogP contribution in [0, 0.1) is 6.92 Å². The van der Waals surface area contributed by atoms with E-state index in [1.165, 1.54) is 28.1 Å². The van der Waals surface area contributed by atoms with Gasteiger partial charge in [-0.05, 0) is 55.8 Å². The van der Waals surface area contributed by atoms with Gasteiger partial charge in [0.25, 0.3) is 0 Å². The summed E-state index contributed by atoms with van der Waals surface area (Å²) in [4.78, 5) is 42.0. The number of aliphatic carboxylic acids is 1. The number of aromatic nitrogens is 2. The molecule has 4 heterocycles. The van der Waals surface area contributed by atoms with Crippen molar-refractivity contribution in [2.24, 2.45) is 0 Å². The number of nitrogens with zero attached hydrogens (tertiary/aromatic N) is 6. The minimum atomic E-state index is -0.782. The number of anilines is 2. The molecule has 1 unspecified atom stereocenters. The summed E-state index contributed by atoms with van der Waals surface area (Å²) in [7, 11) is 0. The van der Waals surface area contributed by atoms with E-state index < -0.39 is 5.97 Å². The lowest BCUT2D eigenvalue weighted by Gasteiger charge is -2.38. The van der Waals surface area contributed by atoms with Crippen LogP contribution in [0.4, 0.5) is 11.5 Å². The lowest BCUT2D eigenvalue weighted by molar-refractivity contribution is -0.137. The van der Waals surface area contributed by atoms with Gasteiger partial charge in [-0.1, -0.05) is 36.9 Å². The topological polar surface area (TPSA) is 102 Å². The number of fused-ring (bicyclic) bond motifs is 2. The second-order valence-corrected chi connectivity index (χ2v) is 11.7. The maximum absolute atomic E-state index is 12.2.